The molecule has 0 aliphatic carbocycles. The zero-order chi connectivity index (χ0) is 10.8. The van der Waals surface area contributed by atoms with E-state index in [0.717, 1.165) is 0 Å². The first-order chi connectivity index (χ1) is 6.63. The fraction of sp³-hybridized carbons (Fsp3) is 0.667. The highest BCUT2D eigenvalue weighted by Crippen LogP contribution is 2.19. The van der Waals surface area contributed by atoms with Crippen molar-refractivity contribution in [2.45, 2.75) is 0 Å². The number of amides is 2. The number of carboxylic acid groups (broad SMARTS) is 2. The standard InChI is InChI=1S/C6H12N2O4S2/c9-5(10)7-1-3-13-14-4-2-8-6(11)12/h7-8H,1-4H2,(H,9,10)(H,11,12). The van der Waals surface area contributed by atoms with Crippen molar-refractivity contribution in [2.24, 2.45) is 0 Å². The Morgan fingerprint density at radius 1 is 0.929 bits per heavy atom. The van der Waals surface area contributed by atoms with Crippen molar-refractivity contribution in [2.75, 3.05) is 24.6 Å². The Morgan fingerprint density at radius 2 is 1.29 bits per heavy atom. The van der Waals surface area contributed by atoms with Crippen LogP contribution in [0.25, 0.3) is 0 Å². The van der Waals surface area contributed by atoms with E-state index >= 15 is 0 Å². The van der Waals surface area contributed by atoms with Crippen molar-refractivity contribution >= 4 is 33.8 Å². The van der Waals surface area contributed by atoms with Gasteiger partial charge in [0.15, 0.2) is 0 Å². The molecule has 4 N–H and O–H groups in total. The van der Waals surface area contributed by atoms with Gasteiger partial charge < -0.3 is 20.8 Å². The minimum atomic E-state index is -1.02. The van der Waals surface area contributed by atoms with Gasteiger partial charge in [-0.05, 0) is 0 Å². The molecule has 0 atom stereocenters. The van der Waals surface area contributed by atoms with E-state index in [1.807, 2.05) is 0 Å². The molecule has 0 aromatic heterocycles. The third-order valence-corrected chi connectivity index (χ3v) is 3.41. The number of nitrogens with one attached hydrogen (secondary N) is 2. The van der Waals surface area contributed by atoms with Gasteiger partial charge in [0, 0.05) is 24.6 Å². The number of hydrogen-bond acceptors (Lipinski definition) is 4. The highest BCUT2D eigenvalue weighted by molar-refractivity contribution is 8.76. The quantitative estimate of drug-likeness (QED) is 0.390. The van der Waals surface area contributed by atoms with Crippen molar-refractivity contribution in [3.05, 3.63) is 0 Å². The molecule has 14 heavy (non-hydrogen) atoms. The minimum Gasteiger partial charge on any atom is -0.465 e. The van der Waals surface area contributed by atoms with Gasteiger partial charge in [0.25, 0.3) is 0 Å². The summed E-state index contributed by atoms with van der Waals surface area (Å²) in [6.45, 7) is 0.804. The van der Waals surface area contributed by atoms with Crippen molar-refractivity contribution < 1.29 is 19.8 Å². The lowest BCUT2D eigenvalue weighted by atomic mass is 10.7. The molecule has 0 rings (SSSR count). The highest BCUT2D eigenvalue weighted by atomic mass is 33.1. The van der Waals surface area contributed by atoms with Crippen LogP contribution in [0.1, 0.15) is 0 Å². The molecule has 0 saturated carbocycles. The summed E-state index contributed by atoms with van der Waals surface area (Å²) in [5.74, 6) is 1.34. The molecule has 0 spiro atoms. The summed E-state index contributed by atoms with van der Waals surface area (Å²) in [5.41, 5.74) is 0. The third-order valence-electron chi connectivity index (χ3n) is 1.01. The van der Waals surface area contributed by atoms with E-state index in [2.05, 4.69) is 10.6 Å². The minimum absolute atomic E-state index is 0.402. The second kappa shape index (κ2) is 8.82. The second-order valence-corrected chi connectivity index (χ2v) is 4.81. The average molecular weight is 240 g/mol. The number of rotatable bonds is 7. The first-order valence-corrected chi connectivity index (χ1v) is 6.29. The van der Waals surface area contributed by atoms with Gasteiger partial charge >= 0.3 is 12.2 Å². The molecule has 0 saturated heterocycles. The van der Waals surface area contributed by atoms with Crippen LogP contribution in [0.3, 0.4) is 0 Å². The van der Waals surface area contributed by atoms with E-state index < -0.39 is 12.2 Å². The Bertz CT molecular complexity index is 171. The van der Waals surface area contributed by atoms with Crippen LogP contribution in [0, 0.1) is 0 Å². The maximum Gasteiger partial charge on any atom is 0.404 e. The van der Waals surface area contributed by atoms with Gasteiger partial charge in [-0.1, -0.05) is 21.6 Å². The molecule has 0 fully saturated rings. The summed E-state index contributed by atoms with van der Waals surface area (Å²) in [4.78, 5) is 20.0. The summed E-state index contributed by atoms with van der Waals surface area (Å²) in [5, 5.41) is 20.9. The van der Waals surface area contributed by atoms with Crippen LogP contribution in [0.4, 0.5) is 9.59 Å². The zero-order valence-corrected chi connectivity index (χ0v) is 8.99. The molecule has 0 heterocycles. The molecule has 82 valence electrons. The summed E-state index contributed by atoms with van der Waals surface area (Å²) in [7, 11) is 3.01. The van der Waals surface area contributed by atoms with Crippen molar-refractivity contribution in [1.29, 1.82) is 0 Å². The Labute approximate surface area is 89.2 Å². The van der Waals surface area contributed by atoms with Crippen LogP contribution < -0.4 is 10.6 Å². The third kappa shape index (κ3) is 11.2. The summed E-state index contributed by atoms with van der Waals surface area (Å²) < 4.78 is 0. The topological polar surface area (TPSA) is 98.7 Å². The molecule has 0 aromatic rings. The lowest BCUT2D eigenvalue weighted by Crippen LogP contribution is -2.23. The summed E-state index contributed by atoms with van der Waals surface area (Å²) in [6.07, 6.45) is -2.05. The molecule has 0 aromatic carbocycles. The van der Waals surface area contributed by atoms with Crippen LogP contribution in [0.2, 0.25) is 0 Å². The Hall–Kier alpha value is -0.760. The zero-order valence-electron chi connectivity index (χ0n) is 7.36. The van der Waals surface area contributed by atoms with Crippen molar-refractivity contribution in [3.8, 4) is 0 Å². The lowest BCUT2D eigenvalue weighted by molar-refractivity contribution is 0.194. The first-order valence-electron chi connectivity index (χ1n) is 3.81. The first kappa shape index (κ1) is 13.2. The van der Waals surface area contributed by atoms with Crippen molar-refractivity contribution in [3.63, 3.8) is 0 Å². The molecular formula is C6H12N2O4S2. The fourth-order valence-electron chi connectivity index (χ4n) is 0.517. The Kier molecular flexibility index (Phi) is 8.34. The SMILES string of the molecule is O=C(O)NCCSSCCNC(=O)O. The Morgan fingerprint density at radius 3 is 1.57 bits per heavy atom. The second-order valence-electron chi connectivity index (χ2n) is 2.11. The van der Waals surface area contributed by atoms with E-state index in [0.29, 0.717) is 24.6 Å². The van der Waals surface area contributed by atoms with Gasteiger partial charge in [-0.15, -0.1) is 0 Å². The van der Waals surface area contributed by atoms with Crippen LogP contribution in [-0.4, -0.2) is 47.0 Å². The summed E-state index contributed by atoms with van der Waals surface area (Å²) in [6, 6.07) is 0. The van der Waals surface area contributed by atoms with Crippen LogP contribution in [0.15, 0.2) is 0 Å². The van der Waals surface area contributed by atoms with E-state index in [9.17, 15) is 9.59 Å². The monoisotopic (exact) mass is 240 g/mol. The Balaban J connectivity index is 2.99. The van der Waals surface area contributed by atoms with Gasteiger partial charge in [-0.2, -0.15) is 0 Å². The normalized spacial score (nSPS) is 9.43. The molecule has 6 nitrogen and oxygen atoms in total. The largest absolute Gasteiger partial charge is 0.465 e. The van der Waals surface area contributed by atoms with Gasteiger partial charge in [0.2, 0.25) is 0 Å². The molecule has 2 amide bonds. The fourth-order valence-corrected chi connectivity index (χ4v) is 2.33. The van der Waals surface area contributed by atoms with Crippen molar-refractivity contribution in [1.82, 2.24) is 10.6 Å². The van der Waals surface area contributed by atoms with Gasteiger partial charge in [0.05, 0.1) is 0 Å². The lowest BCUT2D eigenvalue weighted by Gasteiger charge is -2.01. The number of hydrogen-bond donors (Lipinski definition) is 4. The molecule has 0 bridgehead atoms. The molecular weight excluding hydrogens is 228 g/mol. The predicted octanol–water partition coefficient (Wildman–Crippen LogP) is 0.903. The summed E-state index contributed by atoms with van der Waals surface area (Å²) >= 11 is 0. The van der Waals surface area contributed by atoms with Crippen LogP contribution in [0.5, 0.6) is 0 Å². The molecule has 0 aliphatic heterocycles. The van der Waals surface area contributed by atoms with E-state index in [4.69, 9.17) is 10.2 Å². The average Bonchev–Trinajstić information content (AvgIpc) is 2.08. The van der Waals surface area contributed by atoms with Crippen LogP contribution in [-0.2, 0) is 0 Å². The predicted molar refractivity (Wildman–Crippen MR) is 57.0 cm³/mol. The molecule has 0 radical (unpaired) electrons. The van der Waals surface area contributed by atoms with E-state index in [-0.39, 0.29) is 0 Å². The number of carbonyl (C=O) groups is 2. The van der Waals surface area contributed by atoms with Gasteiger partial charge in [-0.3, -0.25) is 0 Å². The molecule has 0 aliphatic rings. The van der Waals surface area contributed by atoms with E-state index in [1.165, 1.54) is 21.6 Å². The smallest absolute Gasteiger partial charge is 0.404 e. The maximum atomic E-state index is 10.0. The van der Waals surface area contributed by atoms with Crippen LogP contribution >= 0.6 is 21.6 Å². The molecule has 8 heteroatoms. The highest BCUT2D eigenvalue weighted by Gasteiger charge is 1.95. The maximum absolute atomic E-state index is 10.0. The van der Waals surface area contributed by atoms with Gasteiger partial charge in [0.1, 0.15) is 0 Å². The molecule has 0 unspecified atom stereocenters. The van der Waals surface area contributed by atoms with Gasteiger partial charge in [-0.25, -0.2) is 9.59 Å². The van der Waals surface area contributed by atoms with E-state index in [1.54, 1.807) is 0 Å².